The first-order valence-electron chi connectivity index (χ1n) is 9.02. The van der Waals surface area contributed by atoms with Gasteiger partial charge < -0.3 is 10.2 Å². The van der Waals surface area contributed by atoms with E-state index in [1.54, 1.807) is 5.57 Å². The zero-order valence-electron chi connectivity index (χ0n) is 13.5. The Kier molecular flexibility index (Phi) is 3.11. The molecule has 0 aromatic carbocycles. The molecule has 0 aromatic heterocycles. The van der Waals surface area contributed by atoms with Gasteiger partial charge >= 0.3 is 0 Å². The first-order valence-corrected chi connectivity index (χ1v) is 9.02. The molecule has 4 aliphatic carbocycles. The lowest BCUT2D eigenvalue weighted by Gasteiger charge is -2.56. The van der Waals surface area contributed by atoms with E-state index in [0.717, 1.165) is 32.1 Å². The monoisotopic (exact) mass is 290 g/mol. The highest BCUT2D eigenvalue weighted by molar-refractivity contribution is 5.29. The first kappa shape index (κ1) is 14.3. The molecule has 4 rings (SSSR count). The lowest BCUT2D eigenvalue weighted by atomic mass is 9.49. The Morgan fingerprint density at radius 2 is 1.86 bits per heavy atom. The largest absolute Gasteiger partial charge is 0.393 e. The molecule has 118 valence electrons. The second kappa shape index (κ2) is 4.58. The van der Waals surface area contributed by atoms with Gasteiger partial charge in [-0.05, 0) is 74.5 Å². The molecule has 2 N–H and O–H groups in total. The molecule has 5 unspecified atom stereocenters. The molecular weight excluding hydrogens is 260 g/mol. The van der Waals surface area contributed by atoms with Crippen molar-refractivity contribution >= 4 is 0 Å². The van der Waals surface area contributed by atoms with E-state index in [0.29, 0.717) is 23.2 Å². The molecule has 7 atom stereocenters. The summed E-state index contributed by atoms with van der Waals surface area (Å²) in [6, 6.07) is 0. The summed E-state index contributed by atoms with van der Waals surface area (Å²) in [7, 11) is 0. The van der Waals surface area contributed by atoms with Crippen molar-refractivity contribution in [2.45, 2.75) is 77.4 Å². The van der Waals surface area contributed by atoms with Crippen molar-refractivity contribution in [2.24, 2.45) is 28.6 Å². The van der Waals surface area contributed by atoms with Crippen LogP contribution in [0.5, 0.6) is 0 Å². The van der Waals surface area contributed by atoms with E-state index in [9.17, 15) is 10.2 Å². The van der Waals surface area contributed by atoms with Crippen molar-refractivity contribution in [3.8, 4) is 0 Å². The number of aliphatic hydroxyl groups excluding tert-OH is 2. The molecule has 0 aliphatic heterocycles. The van der Waals surface area contributed by atoms with Gasteiger partial charge in [-0.25, -0.2) is 0 Å². The van der Waals surface area contributed by atoms with Crippen LogP contribution in [0.4, 0.5) is 0 Å². The summed E-state index contributed by atoms with van der Waals surface area (Å²) in [6.45, 7) is 4.79. The fraction of sp³-hybridized carbons (Fsp3) is 0.895. The van der Waals surface area contributed by atoms with Crippen LogP contribution >= 0.6 is 0 Å². The van der Waals surface area contributed by atoms with Gasteiger partial charge in [-0.1, -0.05) is 25.5 Å². The number of allylic oxidation sites excluding steroid dienone is 2. The van der Waals surface area contributed by atoms with Crippen LogP contribution in [0.2, 0.25) is 0 Å². The first-order chi connectivity index (χ1) is 9.95. The van der Waals surface area contributed by atoms with E-state index >= 15 is 0 Å². The van der Waals surface area contributed by atoms with Crippen molar-refractivity contribution < 1.29 is 10.2 Å². The van der Waals surface area contributed by atoms with Crippen molar-refractivity contribution in [3.05, 3.63) is 11.6 Å². The van der Waals surface area contributed by atoms with Gasteiger partial charge in [-0.3, -0.25) is 0 Å². The molecule has 0 aromatic rings. The Labute approximate surface area is 128 Å². The van der Waals surface area contributed by atoms with Crippen molar-refractivity contribution in [1.29, 1.82) is 0 Å². The molecule has 0 spiro atoms. The van der Waals surface area contributed by atoms with Gasteiger partial charge in [0.25, 0.3) is 0 Å². The van der Waals surface area contributed by atoms with Crippen molar-refractivity contribution in [3.63, 3.8) is 0 Å². The SMILES string of the molecule is C[C@]12CC=C3C(CCC4CC(O)CC[C@]34C)C1CCC2O. The van der Waals surface area contributed by atoms with Crippen molar-refractivity contribution in [1.82, 2.24) is 0 Å². The third-order valence-corrected chi connectivity index (χ3v) is 7.95. The average molecular weight is 290 g/mol. The quantitative estimate of drug-likeness (QED) is 0.668. The van der Waals surface area contributed by atoms with E-state index in [1.807, 2.05) is 0 Å². The Balaban J connectivity index is 1.69. The summed E-state index contributed by atoms with van der Waals surface area (Å²) >= 11 is 0. The smallest absolute Gasteiger partial charge is 0.0599 e. The zero-order chi connectivity index (χ0) is 14.8. The highest BCUT2D eigenvalue weighted by Crippen LogP contribution is 2.64. The molecule has 3 fully saturated rings. The number of rotatable bonds is 0. The Hall–Kier alpha value is -0.340. The minimum Gasteiger partial charge on any atom is -0.393 e. The third-order valence-electron chi connectivity index (χ3n) is 7.95. The summed E-state index contributed by atoms with van der Waals surface area (Å²) in [5.41, 5.74) is 2.17. The summed E-state index contributed by atoms with van der Waals surface area (Å²) < 4.78 is 0. The molecule has 0 heterocycles. The molecule has 0 bridgehead atoms. The van der Waals surface area contributed by atoms with E-state index in [-0.39, 0.29) is 17.6 Å². The van der Waals surface area contributed by atoms with Crippen LogP contribution in [0, 0.1) is 28.6 Å². The minimum absolute atomic E-state index is 0.0672. The Morgan fingerprint density at radius 1 is 1.05 bits per heavy atom. The van der Waals surface area contributed by atoms with Gasteiger partial charge in [0.15, 0.2) is 0 Å². The van der Waals surface area contributed by atoms with Crippen LogP contribution in [0.3, 0.4) is 0 Å². The van der Waals surface area contributed by atoms with Crippen LogP contribution in [0.25, 0.3) is 0 Å². The van der Waals surface area contributed by atoms with Gasteiger partial charge in [-0.15, -0.1) is 0 Å². The van der Waals surface area contributed by atoms with Crippen LogP contribution in [0.1, 0.15) is 65.2 Å². The van der Waals surface area contributed by atoms with Gasteiger partial charge in [0.1, 0.15) is 0 Å². The third kappa shape index (κ3) is 1.84. The van der Waals surface area contributed by atoms with Gasteiger partial charge in [0.05, 0.1) is 12.2 Å². The molecule has 0 saturated heterocycles. The summed E-state index contributed by atoms with van der Waals surface area (Å²) in [6.07, 6.45) is 11.3. The Morgan fingerprint density at radius 3 is 2.67 bits per heavy atom. The molecular formula is C19H30O2. The maximum atomic E-state index is 10.4. The van der Waals surface area contributed by atoms with Crippen LogP contribution in [0.15, 0.2) is 11.6 Å². The maximum Gasteiger partial charge on any atom is 0.0599 e. The second-order valence-electron chi connectivity index (χ2n) is 8.80. The van der Waals surface area contributed by atoms with Crippen molar-refractivity contribution in [2.75, 3.05) is 0 Å². The molecule has 0 radical (unpaired) electrons. The molecule has 2 heteroatoms. The molecule has 21 heavy (non-hydrogen) atoms. The number of aliphatic hydroxyl groups is 2. The van der Waals surface area contributed by atoms with Gasteiger partial charge in [0.2, 0.25) is 0 Å². The standard InChI is InChI=1S/C19H30O2/c1-18-9-7-13(20)11-12(18)3-4-14-15-5-6-17(21)19(15,2)10-8-16(14)18/h8,12-15,17,20-21H,3-7,9-11H2,1-2H3/t12?,13?,14?,15?,17?,18-,19-/m0/s1. The lowest BCUT2D eigenvalue weighted by Crippen LogP contribution is -2.49. The van der Waals surface area contributed by atoms with E-state index in [4.69, 9.17) is 0 Å². The predicted molar refractivity (Wildman–Crippen MR) is 83.7 cm³/mol. The fourth-order valence-corrected chi connectivity index (χ4v) is 6.48. The van der Waals surface area contributed by atoms with E-state index < -0.39 is 0 Å². The number of hydrogen-bond donors (Lipinski definition) is 2. The summed E-state index contributed by atoms with van der Waals surface area (Å²) in [4.78, 5) is 0. The topological polar surface area (TPSA) is 40.5 Å². The van der Waals surface area contributed by atoms with Gasteiger partial charge in [0, 0.05) is 5.41 Å². The predicted octanol–water partition coefficient (Wildman–Crippen LogP) is 3.67. The fourth-order valence-electron chi connectivity index (χ4n) is 6.48. The van der Waals surface area contributed by atoms with E-state index in [1.165, 1.54) is 19.3 Å². The van der Waals surface area contributed by atoms with Crippen LogP contribution < -0.4 is 0 Å². The molecule has 2 nitrogen and oxygen atoms in total. The second-order valence-corrected chi connectivity index (χ2v) is 8.80. The van der Waals surface area contributed by atoms with Gasteiger partial charge in [-0.2, -0.15) is 0 Å². The average Bonchev–Trinajstić information content (AvgIpc) is 2.76. The zero-order valence-corrected chi connectivity index (χ0v) is 13.5. The maximum absolute atomic E-state index is 10.4. The molecule has 4 aliphatic rings. The normalized spacial score (nSPS) is 56.2. The lowest BCUT2D eigenvalue weighted by molar-refractivity contribution is -0.0262. The molecule has 0 amide bonds. The minimum atomic E-state index is -0.0981. The van der Waals surface area contributed by atoms with Crippen LogP contribution in [-0.4, -0.2) is 22.4 Å². The number of hydrogen-bond acceptors (Lipinski definition) is 2. The van der Waals surface area contributed by atoms with Crippen LogP contribution in [-0.2, 0) is 0 Å². The van der Waals surface area contributed by atoms with E-state index in [2.05, 4.69) is 19.9 Å². The highest BCUT2D eigenvalue weighted by Gasteiger charge is 2.56. The summed E-state index contributed by atoms with van der Waals surface area (Å²) in [5.74, 6) is 2.08. The summed E-state index contributed by atoms with van der Waals surface area (Å²) in [5, 5.41) is 20.5. The number of fused-ring (bicyclic) bond motifs is 5. The molecule has 3 saturated carbocycles. The highest BCUT2D eigenvalue weighted by atomic mass is 16.3. The Bertz CT molecular complexity index is 470.